The smallest absolute Gasteiger partial charge is 0.277 e. The molecule has 2 aromatic rings. The fourth-order valence-electron chi connectivity index (χ4n) is 2.08. The second kappa shape index (κ2) is 7.54. The molecule has 0 saturated carbocycles. The Labute approximate surface area is 129 Å². The lowest BCUT2D eigenvalue weighted by molar-refractivity contribution is 0.112. The quantitative estimate of drug-likeness (QED) is 0.582. The maximum atomic E-state index is 11.9. The maximum absolute atomic E-state index is 11.9. The molecule has 1 heterocycles. The van der Waals surface area contributed by atoms with Crippen LogP contribution in [0.4, 0.5) is 0 Å². The number of aryl methyl sites for hydroxylation is 1. The molecule has 0 aliphatic rings. The highest BCUT2D eigenvalue weighted by Gasteiger charge is 2.09. The lowest BCUT2D eigenvalue weighted by atomic mass is 10.1. The van der Waals surface area contributed by atoms with Crippen LogP contribution in [0.25, 0.3) is 11.3 Å². The lowest BCUT2D eigenvalue weighted by Gasteiger charge is -2.09. The van der Waals surface area contributed by atoms with Crippen LogP contribution in [0.5, 0.6) is 5.75 Å². The summed E-state index contributed by atoms with van der Waals surface area (Å²) in [6, 6.07) is 9.04. The number of nitrogens with zero attached hydrogens (tertiary/aromatic N) is 2. The van der Waals surface area contributed by atoms with E-state index in [0.29, 0.717) is 25.1 Å². The van der Waals surface area contributed by atoms with Gasteiger partial charge in [0.25, 0.3) is 5.56 Å². The van der Waals surface area contributed by atoms with Crippen molar-refractivity contribution in [2.45, 2.75) is 33.2 Å². The summed E-state index contributed by atoms with van der Waals surface area (Å²) in [5, 5.41) is 4.30. The second-order valence-electron chi connectivity index (χ2n) is 4.95. The van der Waals surface area contributed by atoms with E-state index in [4.69, 9.17) is 4.74 Å². The van der Waals surface area contributed by atoms with E-state index >= 15 is 0 Å². The van der Waals surface area contributed by atoms with Gasteiger partial charge in [-0.05, 0) is 31.5 Å². The van der Waals surface area contributed by atoms with Gasteiger partial charge in [-0.1, -0.05) is 25.5 Å². The lowest BCUT2D eigenvalue weighted by Crippen LogP contribution is -2.25. The minimum Gasteiger partial charge on any atom is -0.494 e. The third kappa shape index (κ3) is 3.61. The van der Waals surface area contributed by atoms with Gasteiger partial charge in [0.1, 0.15) is 5.75 Å². The summed E-state index contributed by atoms with van der Waals surface area (Å²) >= 11 is 0. The molecule has 0 aliphatic carbocycles. The third-order valence-corrected chi connectivity index (χ3v) is 3.32. The molecule has 0 bridgehead atoms. The molecular weight excluding hydrogens is 280 g/mol. The van der Waals surface area contributed by atoms with E-state index in [1.165, 1.54) is 10.7 Å². The summed E-state index contributed by atoms with van der Waals surface area (Å²) in [6.07, 6.45) is 2.64. The molecule has 2 rings (SSSR count). The summed E-state index contributed by atoms with van der Waals surface area (Å²) in [6.45, 7) is 5.01. The van der Waals surface area contributed by atoms with Crippen molar-refractivity contribution in [1.82, 2.24) is 9.78 Å². The van der Waals surface area contributed by atoms with Gasteiger partial charge >= 0.3 is 0 Å². The summed E-state index contributed by atoms with van der Waals surface area (Å²) < 4.78 is 6.97. The first-order valence-corrected chi connectivity index (χ1v) is 7.50. The SMILES string of the molecule is CCCCOc1cccc(-c2cc(C=O)c(=O)n(CC)n2)c1. The van der Waals surface area contributed by atoms with Crippen LogP contribution < -0.4 is 10.3 Å². The van der Waals surface area contributed by atoms with Crippen LogP contribution in [0, 0.1) is 0 Å². The molecule has 5 nitrogen and oxygen atoms in total. The molecule has 0 aliphatic heterocycles. The second-order valence-corrected chi connectivity index (χ2v) is 4.95. The van der Waals surface area contributed by atoms with Crippen molar-refractivity contribution in [1.29, 1.82) is 0 Å². The van der Waals surface area contributed by atoms with Crippen molar-refractivity contribution in [3.05, 3.63) is 46.2 Å². The zero-order chi connectivity index (χ0) is 15.9. The van der Waals surface area contributed by atoms with Gasteiger partial charge in [-0.3, -0.25) is 9.59 Å². The summed E-state index contributed by atoms with van der Waals surface area (Å²) in [7, 11) is 0. The molecule has 5 heteroatoms. The zero-order valence-corrected chi connectivity index (χ0v) is 12.9. The Morgan fingerprint density at radius 1 is 1.27 bits per heavy atom. The van der Waals surface area contributed by atoms with Gasteiger partial charge in [0, 0.05) is 12.1 Å². The first-order chi connectivity index (χ1) is 10.7. The van der Waals surface area contributed by atoms with Crippen molar-refractivity contribution in [2.24, 2.45) is 0 Å². The standard InChI is InChI=1S/C17H20N2O3/c1-3-5-9-22-15-8-6-7-13(10-15)16-11-14(12-20)17(21)19(4-2)18-16/h6-8,10-12H,3-5,9H2,1-2H3. The maximum Gasteiger partial charge on any atom is 0.277 e. The molecule has 116 valence electrons. The summed E-state index contributed by atoms with van der Waals surface area (Å²) in [4.78, 5) is 23.0. The molecule has 0 saturated heterocycles. The average Bonchev–Trinajstić information content (AvgIpc) is 2.55. The van der Waals surface area contributed by atoms with E-state index in [2.05, 4.69) is 12.0 Å². The van der Waals surface area contributed by atoms with Gasteiger partial charge < -0.3 is 4.74 Å². The van der Waals surface area contributed by atoms with Gasteiger partial charge in [0.15, 0.2) is 6.29 Å². The minimum atomic E-state index is -0.364. The molecule has 0 atom stereocenters. The van der Waals surface area contributed by atoms with Gasteiger partial charge in [0.05, 0.1) is 17.9 Å². The molecule has 1 aromatic heterocycles. The van der Waals surface area contributed by atoms with E-state index in [-0.39, 0.29) is 11.1 Å². The molecule has 0 fully saturated rings. The zero-order valence-electron chi connectivity index (χ0n) is 12.9. The predicted molar refractivity (Wildman–Crippen MR) is 85.4 cm³/mol. The number of ether oxygens (including phenoxy) is 1. The van der Waals surface area contributed by atoms with Gasteiger partial charge in [-0.15, -0.1) is 0 Å². The highest BCUT2D eigenvalue weighted by Crippen LogP contribution is 2.22. The van der Waals surface area contributed by atoms with Crippen molar-refractivity contribution < 1.29 is 9.53 Å². The average molecular weight is 300 g/mol. The Morgan fingerprint density at radius 2 is 2.09 bits per heavy atom. The third-order valence-electron chi connectivity index (χ3n) is 3.32. The number of carbonyl (C=O) groups is 1. The monoisotopic (exact) mass is 300 g/mol. The van der Waals surface area contributed by atoms with E-state index in [9.17, 15) is 9.59 Å². The van der Waals surface area contributed by atoms with Crippen molar-refractivity contribution in [3.8, 4) is 17.0 Å². The number of benzene rings is 1. The topological polar surface area (TPSA) is 61.2 Å². The first-order valence-electron chi connectivity index (χ1n) is 7.50. The Balaban J connectivity index is 2.37. The molecule has 0 amide bonds. The van der Waals surface area contributed by atoms with E-state index in [1.54, 1.807) is 0 Å². The number of aldehydes is 1. The van der Waals surface area contributed by atoms with Crippen molar-refractivity contribution in [2.75, 3.05) is 6.61 Å². The molecule has 1 aromatic carbocycles. The van der Waals surface area contributed by atoms with Crippen LogP contribution in [-0.4, -0.2) is 22.7 Å². The number of hydrogen-bond acceptors (Lipinski definition) is 4. The molecule has 0 radical (unpaired) electrons. The van der Waals surface area contributed by atoms with E-state index in [1.807, 2.05) is 31.2 Å². The van der Waals surface area contributed by atoms with Crippen molar-refractivity contribution in [3.63, 3.8) is 0 Å². The van der Waals surface area contributed by atoms with E-state index < -0.39 is 0 Å². The summed E-state index contributed by atoms with van der Waals surface area (Å²) in [5.74, 6) is 0.759. The van der Waals surface area contributed by atoms with Crippen LogP contribution in [-0.2, 0) is 6.54 Å². The van der Waals surface area contributed by atoms with Crippen LogP contribution in [0.2, 0.25) is 0 Å². The Kier molecular flexibility index (Phi) is 5.47. The Bertz CT molecular complexity index is 707. The molecular formula is C17H20N2O3. The highest BCUT2D eigenvalue weighted by atomic mass is 16.5. The van der Waals surface area contributed by atoms with Gasteiger partial charge in [0.2, 0.25) is 0 Å². The van der Waals surface area contributed by atoms with Crippen molar-refractivity contribution >= 4 is 6.29 Å². The molecule has 0 N–H and O–H groups in total. The molecule has 0 unspecified atom stereocenters. The fourth-order valence-corrected chi connectivity index (χ4v) is 2.08. The Hall–Kier alpha value is -2.43. The Morgan fingerprint density at radius 3 is 2.77 bits per heavy atom. The first kappa shape index (κ1) is 15.9. The number of rotatable bonds is 7. The number of unbranched alkanes of at least 4 members (excludes halogenated alkanes) is 1. The largest absolute Gasteiger partial charge is 0.494 e. The fraction of sp³-hybridized carbons (Fsp3) is 0.353. The number of carbonyl (C=O) groups excluding carboxylic acids is 1. The van der Waals surface area contributed by atoms with Gasteiger partial charge in [-0.25, -0.2) is 4.68 Å². The molecule has 0 spiro atoms. The van der Waals surface area contributed by atoms with E-state index in [0.717, 1.165) is 24.2 Å². The van der Waals surface area contributed by atoms with Crippen LogP contribution in [0.1, 0.15) is 37.0 Å². The number of hydrogen-bond donors (Lipinski definition) is 0. The normalized spacial score (nSPS) is 10.5. The summed E-state index contributed by atoms with van der Waals surface area (Å²) in [5.41, 5.74) is 1.16. The van der Waals surface area contributed by atoms with Crippen LogP contribution in [0.3, 0.4) is 0 Å². The minimum absolute atomic E-state index is 0.115. The number of aromatic nitrogens is 2. The molecule has 22 heavy (non-hydrogen) atoms. The predicted octanol–water partition coefficient (Wildman–Crippen LogP) is 2.92. The van der Waals surface area contributed by atoms with Crippen LogP contribution >= 0.6 is 0 Å². The van der Waals surface area contributed by atoms with Crippen LogP contribution in [0.15, 0.2) is 35.1 Å². The van der Waals surface area contributed by atoms with Gasteiger partial charge in [-0.2, -0.15) is 5.10 Å². The highest BCUT2D eigenvalue weighted by molar-refractivity contribution is 5.77.